The lowest BCUT2D eigenvalue weighted by atomic mass is 9.85. The van der Waals surface area contributed by atoms with Crippen molar-refractivity contribution < 1.29 is 9.59 Å². The van der Waals surface area contributed by atoms with E-state index in [1.54, 1.807) is 4.90 Å². The molecule has 3 rings (SSSR count). The first kappa shape index (κ1) is 18.0. The highest BCUT2D eigenvalue weighted by Gasteiger charge is 2.26. The van der Waals surface area contributed by atoms with Crippen molar-refractivity contribution >= 4 is 23.3 Å². The van der Waals surface area contributed by atoms with Crippen LogP contribution in [0.4, 0.5) is 16.2 Å². The summed E-state index contributed by atoms with van der Waals surface area (Å²) in [5, 5.41) is 5.81. The zero-order valence-corrected chi connectivity index (χ0v) is 15.2. The number of anilines is 2. The minimum Gasteiger partial charge on any atom is -0.336 e. The second-order valence-electron chi connectivity index (χ2n) is 6.69. The number of carbonyl (C=O) groups excluding carboxylic acids is 2. The zero-order valence-electron chi connectivity index (χ0n) is 15.2. The summed E-state index contributed by atoms with van der Waals surface area (Å²) in [6.07, 6.45) is 0.927. The molecule has 2 aromatic carbocycles. The first-order chi connectivity index (χ1) is 12.6. The lowest BCUT2D eigenvalue weighted by molar-refractivity contribution is -0.118. The smallest absolute Gasteiger partial charge is 0.321 e. The molecule has 0 aromatic heterocycles. The molecule has 1 saturated heterocycles. The van der Waals surface area contributed by atoms with E-state index in [4.69, 9.17) is 0 Å². The summed E-state index contributed by atoms with van der Waals surface area (Å²) in [5.41, 5.74) is 2.60. The monoisotopic (exact) mass is 351 g/mol. The lowest BCUT2D eigenvalue weighted by Crippen LogP contribution is -2.28. The zero-order chi connectivity index (χ0) is 18.5. The van der Waals surface area contributed by atoms with Gasteiger partial charge in [-0.05, 0) is 35.7 Å². The van der Waals surface area contributed by atoms with Gasteiger partial charge in [0.25, 0.3) is 0 Å². The normalized spacial score (nSPS) is 16.1. The molecule has 0 radical (unpaired) electrons. The second kappa shape index (κ2) is 8.04. The molecule has 0 bridgehead atoms. The average Bonchev–Trinajstić information content (AvgIpc) is 3.09. The van der Waals surface area contributed by atoms with Crippen molar-refractivity contribution in [2.24, 2.45) is 5.92 Å². The van der Waals surface area contributed by atoms with Gasteiger partial charge in [0.1, 0.15) is 0 Å². The van der Waals surface area contributed by atoms with E-state index in [2.05, 4.69) is 24.5 Å². The van der Waals surface area contributed by atoms with E-state index in [9.17, 15) is 9.59 Å². The second-order valence-corrected chi connectivity index (χ2v) is 6.69. The lowest BCUT2D eigenvalue weighted by Gasteiger charge is -2.23. The molecule has 2 aromatic rings. The molecule has 5 heteroatoms. The minimum atomic E-state index is -0.190. The van der Waals surface area contributed by atoms with Crippen LogP contribution in [0.1, 0.15) is 31.7 Å². The van der Waals surface area contributed by atoms with Crippen LogP contribution in [0.2, 0.25) is 0 Å². The van der Waals surface area contributed by atoms with Gasteiger partial charge in [-0.2, -0.15) is 0 Å². The predicted octanol–water partition coefficient (Wildman–Crippen LogP) is 3.98. The molecular formula is C21H25N3O2. The molecule has 0 spiro atoms. The fourth-order valence-corrected chi connectivity index (χ4v) is 3.30. The van der Waals surface area contributed by atoms with E-state index >= 15 is 0 Å². The molecule has 2 N–H and O–H groups in total. The van der Waals surface area contributed by atoms with Crippen molar-refractivity contribution in [3.8, 4) is 0 Å². The third kappa shape index (κ3) is 3.87. The Bertz CT molecular complexity index is 759. The van der Waals surface area contributed by atoms with Crippen molar-refractivity contribution in [3.63, 3.8) is 0 Å². The van der Waals surface area contributed by atoms with E-state index in [0.717, 1.165) is 23.4 Å². The Morgan fingerprint density at radius 2 is 1.85 bits per heavy atom. The Morgan fingerprint density at radius 1 is 1.15 bits per heavy atom. The third-order valence-corrected chi connectivity index (χ3v) is 4.96. The molecule has 2 atom stereocenters. The van der Waals surface area contributed by atoms with Gasteiger partial charge in [-0.1, -0.05) is 50.6 Å². The fraction of sp³-hybridized carbons (Fsp3) is 0.333. The van der Waals surface area contributed by atoms with Gasteiger partial charge in [0, 0.05) is 24.5 Å². The molecule has 1 aliphatic rings. The standard InChI is InChI=1S/C21H25N3O2/c1-3-15(2)19(16-7-5-4-6-8-16)20(25)23-17-9-11-18(12-10-17)24-14-13-22-21(24)26/h4-12,15,19H,3,13-14H2,1-2H3,(H,22,26)(H,23,25). The Morgan fingerprint density at radius 3 is 2.42 bits per heavy atom. The van der Waals surface area contributed by atoms with Crippen LogP contribution >= 0.6 is 0 Å². The largest absolute Gasteiger partial charge is 0.336 e. The topological polar surface area (TPSA) is 61.4 Å². The first-order valence-corrected chi connectivity index (χ1v) is 9.11. The molecule has 1 fully saturated rings. The molecule has 0 aliphatic carbocycles. The number of hydrogen-bond acceptors (Lipinski definition) is 2. The average molecular weight is 351 g/mol. The Kier molecular flexibility index (Phi) is 5.56. The van der Waals surface area contributed by atoms with Crippen molar-refractivity contribution in [1.82, 2.24) is 5.32 Å². The number of rotatable bonds is 6. The van der Waals surface area contributed by atoms with Crippen LogP contribution in [-0.2, 0) is 4.79 Å². The van der Waals surface area contributed by atoms with E-state index in [-0.39, 0.29) is 23.8 Å². The van der Waals surface area contributed by atoms with Crippen molar-refractivity contribution in [2.45, 2.75) is 26.2 Å². The fourth-order valence-electron chi connectivity index (χ4n) is 3.30. The van der Waals surface area contributed by atoms with Gasteiger partial charge < -0.3 is 10.6 Å². The SMILES string of the molecule is CCC(C)C(C(=O)Nc1ccc(N2CCNC2=O)cc1)c1ccccc1. The number of carbonyl (C=O) groups is 2. The molecule has 136 valence electrons. The molecule has 2 unspecified atom stereocenters. The Hall–Kier alpha value is -2.82. The van der Waals surface area contributed by atoms with Crippen LogP contribution in [0.15, 0.2) is 54.6 Å². The van der Waals surface area contributed by atoms with E-state index in [1.807, 2.05) is 54.6 Å². The number of nitrogens with one attached hydrogen (secondary N) is 2. The number of hydrogen-bond donors (Lipinski definition) is 2. The summed E-state index contributed by atoms with van der Waals surface area (Å²) < 4.78 is 0. The summed E-state index contributed by atoms with van der Waals surface area (Å²) in [5.74, 6) is 0.0485. The highest BCUT2D eigenvalue weighted by molar-refractivity contribution is 5.97. The van der Waals surface area contributed by atoms with Crippen LogP contribution in [0.5, 0.6) is 0 Å². The van der Waals surface area contributed by atoms with Gasteiger partial charge >= 0.3 is 6.03 Å². The van der Waals surface area contributed by atoms with Crippen molar-refractivity contribution in [2.75, 3.05) is 23.3 Å². The molecule has 5 nitrogen and oxygen atoms in total. The van der Waals surface area contributed by atoms with Gasteiger partial charge in [-0.15, -0.1) is 0 Å². The summed E-state index contributed by atoms with van der Waals surface area (Å²) in [4.78, 5) is 26.3. The van der Waals surface area contributed by atoms with Crippen LogP contribution in [-0.4, -0.2) is 25.0 Å². The number of urea groups is 1. The maximum Gasteiger partial charge on any atom is 0.321 e. The maximum atomic E-state index is 12.9. The first-order valence-electron chi connectivity index (χ1n) is 9.11. The predicted molar refractivity (Wildman–Crippen MR) is 104 cm³/mol. The van der Waals surface area contributed by atoms with Gasteiger partial charge in [0.05, 0.1) is 5.92 Å². The van der Waals surface area contributed by atoms with Crippen LogP contribution in [0.3, 0.4) is 0 Å². The van der Waals surface area contributed by atoms with Gasteiger partial charge in [-0.3, -0.25) is 9.69 Å². The van der Waals surface area contributed by atoms with E-state index < -0.39 is 0 Å². The Labute approximate surface area is 154 Å². The van der Waals surface area contributed by atoms with Crippen molar-refractivity contribution in [3.05, 3.63) is 60.2 Å². The molecule has 1 heterocycles. The summed E-state index contributed by atoms with van der Waals surface area (Å²) in [6.45, 7) is 5.52. The quantitative estimate of drug-likeness (QED) is 0.827. The molecule has 0 saturated carbocycles. The van der Waals surface area contributed by atoms with Crippen LogP contribution < -0.4 is 15.5 Å². The van der Waals surface area contributed by atoms with Crippen LogP contribution in [0.25, 0.3) is 0 Å². The van der Waals surface area contributed by atoms with Gasteiger partial charge in [-0.25, -0.2) is 4.79 Å². The van der Waals surface area contributed by atoms with E-state index in [0.29, 0.717) is 13.1 Å². The van der Waals surface area contributed by atoms with Gasteiger partial charge in [0.15, 0.2) is 0 Å². The van der Waals surface area contributed by atoms with E-state index in [1.165, 1.54) is 0 Å². The third-order valence-electron chi connectivity index (χ3n) is 4.96. The maximum absolute atomic E-state index is 12.9. The Balaban J connectivity index is 1.74. The molecule has 26 heavy (non-hydrogen) atoms. The minimum absolute atomic E-state index is 0.00258. The molecule has 1 aliphatic heterocycles. The number of nitrogens with zero attached hydrogens (tertiary/aromatic N) is 1. The highest BCUT2D eigenvalue weighted by atomic mass is 16.2. The molecule has 3 amide bonds. The highest BCUT2D eigenvalue weighted by Crippen LogP contribution is 2.29. The molecular weight excluding hydrogens is 326 g/mol. The van der Waals surface area contributed by atoms with Crippen molar-refractivity contribution in [1.29, 1.82) is 0 Å². The summed E-state index contributed by atoms with van der Waals surface area (Å²) in [7, 11) is 0. The van der Waals surface area contributed by atoms with Crippen LogP contribution in [0, 0.1) is 5.92 Å². The number of amides is 3. The summed E-state index contributed by atoms with van der Waals surface area (Å²) >= 11 is 0. The summed E-state index contributed by atoms with van der Waals surface area (Å²) in [6, 6.07) is 17.2. The van der Waals surface area contributed by atoms with Gasteiger partial charge in [0.2, 0.25) is 5.91 Å². The number of benzene rings is 2.